The predicted octanol–water partition coefficient (Wildman–Crippen LogP) is -2.63. The van der Waals surface area contributed by atoms with Crippen molar-refractivity contribution in [2.75, 3.05) is 6.61 Å². The Morgan fingerprint density at radius 2 is 2.00 bits per heavy atom. The first-order valence-corrected chi connectivity index (χ1v) is 4.73. The number of urea groups is 1. The molecule has 0 bridgehead atoms. The van der Waals surface area contributed by atoms with Crippen molar-refractivity contribution >= 4 is 17.9 Å². The minimum atomic E-state index is -1.79. The van der Waals surface area contributed by atoms with Crippen molar-refractivity contribution in [2.45, 2.75) is 24.9 Å². The zero-order valence-electron chi connectivity index (χ0n) is 8.62. The zero-order valence-corrected chi connectivity index (χ0v) is 8.62. The van der Waals surface area contributed by atoms with Crippen LogP contribution in [0.4, 0.5) is 4.79 Å². The van der Waals surface area contributed by atoms with E-state index in [1.54, 1.807) is 5.32 Å². The number of rotatable bonds is 2. The van der Waals surface area contributed by atoms with Crippen molar-refractivity contribution in [3.63, 3.8) is 0 Å². The summed E-state index contributed by atoms with van der Waals surface area (Å²) in [5.41, 5.74) is 0. The van der Waals surface area contributed by atoms with E-state index in [2.05, 4.69) is 5.32 Å². The van der Waals surface area contributed by atoms with E-state index >= 15 is 0 Å². The Labute approximate surface area is 95.4 Å². The lowest BCUT2D eigenvalue weighted by molar-refractivity contribution is -0.149. The predicted molar refractivity (Wildman–Crippen MR) is 50.7 cm³/mol. The molecular weight excluding hydrogens is 236 g/mol. The molecule has 9 heteroatoms. The highest BCUT2D eigenvalue weighted by atomic mass is 16.5. The number of hydrogen-bond donors (Lipinski definition) is 5. The Kier molecular flexibility index (Phi) is 4.37. The molecule has 0 saturated carbocycles. The summed E-state index contributed by atoms with van der Waals surface area (Å²) in [7, 11) is 0. The minimum Gasteiger partial charge on any atom is -0.474 e. The largest absolute Gasteiger partial charge is 0.474 e. The Bertz CT molecular complexity index is 332. The number of aliphatic carboxylic acids is 1. The third kappa shape index (κ3) is 3.66. The summed E-state index contributed by atoms with van der Waals surface area (Å²) in [6, 6.07) is -1.05. The van der Waals surface area contributed by atoms with Gasteiger partial charge < -0.3 is 25.4 Å². The number of amides is 3. The number of hydrogen-bond acceptors (Lipinski definition) is 6. The quantitative estimate of drug-likeness (QED) is 0.336. The van der Waals surface area contributed by atoms with E-state index < -0.39 is 43.0 Å². The molecule has 3 amide bonds. The van der Waals surface area contributed by atoms with E-state index in [9.17, 15) is 19.5 Å². The van der Waals surface area contributed by atoms with Crippen molar-refractivity contribution in [3.05, 3.63) is 0 Å². The normalized spacial score (nSPS) is 27.5. The highest BCUT2D eigenvalue weighted by Gasteiger charge is 2.34. The van der Waals surface area contributed by atoms with Gasteiger partial charge in [0, 0.05) is 6.42 Å². The number of carbonyl (C=O) groups excluding carboxylic acids is 2. The van der Waals surface area contributed by atoms with Crippen LogP contribution < -0.4 is 10.6 Å². The molecule has 1 fully saturated rings. The summed E-state index contributed by atoms with van der Waals surface area (Å²) >= 11 is 0. The lowest BCUT2D eigenvalue weighted by Gasteiger charge is -2.13. The van der Waals surface area contributed by atoms with Crippen LogP contribution in [0.25, 0.3) is 0 Å². The van der Waals surface area contributed by atoms with Gasteiger partial charge in [0.05, 0.1) is 12.7 Å². The molecule has 0 aromatic heterocycles. The van der Waals surface area contributed by atoms with Crippen molar-refractivity contribution in [3.8, 4) is 0 Å². The summed E-state index contributed by atoms with van der Waals surface area (Å²) < 4.78 is 5.00. The molecule has 1 saturated heterocycles. The van der Waals surface area contributed by atoms with Gasteiger partial charge >= 0.3 is 17.9 Å². The number of nitrogens with one attached hydrogen (secondary N) is 2. The van der Waals surface area contributed by atoms with Crippen LogP contribution in [-0.4, -0.2) is 58.3 Å². The molecule has 0 aliphatic carbocycles. The molecule has 17 heavy (non-hydrogen) atoms. The number of carboxylic acid groups (broad SMARTS) is 1. The Balaban J connectivity index is 2.38. The second kappa shape index (κ2) is 5.57. The lowest BCUT2D eigenvalue weighted by Crippen LogP contribution is -2.46. The molecule has 0 aromatic rings. The highest BCUT2D eigenvalue weighted by molar-refractivity contribution is 6.34. The molecule has 1 heterocycles. The zero-order chi connectivity index (χ0) is 13.0. The SMILES string of the molecule is O=C(NC(=O)C(=O)O)N[C@H]1C[C@H](O)[C@@H](CO)O1. The van der Waals surface area contributed by atoms with Gasteiger partial charge in [-0.1, -0.05) is 0 Å². The molecule has 1 rings (SSSR count). The Morgan fingerprint density at radius 1 is 1.35 bits per heavy atom. The third-order valence-electron chi connectivity index (χ3n) is 2.12. The maximum atomic E-state index is 11.1. The lowest BCUT2D eigenvalue weighted by atomic mass is 10.2. The van der Waals surface area contributed by atoms with Crippen molar-refractivity contribution in [1.29, 1.82) is 0 Å². The highest BCUT2D eigenvalue weighted by Crippen LogP contribution is 2.17. The van der Waals surface area contributed by atoms with Crippen LogP contribution in [0, 0.1) is 0 Å². The topological polar surface area (TPSA) is 145 Å². The third-order valence-corrected chi connectivity index (χ3v) is 2.12. The van der Waals surface area contributed by atoms with E-state index in [1.165, 1.54) is 0 Å². The summed E-state index contributed by atoms with van der Waals surface area (Å²) in [5, 5.41) is 30.0. The molecule has 0 aromatic carbocycles. The van der Waals surface area contributed by atoms with E-state index in [0.29, 0.717) is 0 Å². The molecule has 3 atom stereocenters. The van der Waals surface area contributed by atoms with Gasteiger partial charge in [0.2, 0.25) is 0 Å². The molecule has 0 radical (unpaired) electrons. The molecule has 0 unspecified atom stereocenters. The number of imide groups is 1. The van der Waals surface area contributed by atoms with Crippen molar-refractivity contribution in [2.24, 2.45) is 0 Å². The van der Waals surface area contributed by atoms with Gasteiger partial charge in [-0.2, -0.15) is 0 Å². The van der Waals surface area contributed by atoms with Gasteiger partial charge in [0.1, 0.15) is 12.3 Å². The summed E-state index contributed by atoms with van der Waals surface area (Å²) in [5.74, 6) is -3.26. The van der Waals surface area contributed by atoms with E-state index in [0.717, 1.165) is 0 Å². The standard InChI is InChI=1S/C8H12N2O7/c11-2-4-3(12)1-5(17-4)9-8(16)10-6(13)7(14)15/h3-5,11-12H,1-2H2,(H,14,15)(H2,9,10,13,16)/t3-,4+,5+/m0/s1. The van der Waals surface area contributed by atoms with E-state index in [1.807, 2.05) is 0 Å². The summed E-state index contributed by atoms with van der Waals surface area (Å²) in [6.45, 7) is -0.408. The number of carbonyl (C=O) groups is 3. The fraction of sp³-hybridized carbons (Fsp3) is 0.625. The van der Waals surface area contributed by atoms with Gasteiger partial charge in [-0.3, -0.25) is 10.1 Å². The summed E-state index contributed by atoms with van der Waals surface area (Å²) in [6.07, 6.45) is -2.58. The van der Waals surface area contributed by atoms with E-state index in [-0.39, 0.29) is 6.42 Å². The Morgan fingerprint density at radius 3 is 2.47 bits per heavy atom. The van der Waals surface area contributed by atoms with Gasteiger partial charge in [-0.25, -0.2) is 9.59 Å². The van der Waals surface area contributed by atoms with Gasteiger partial charge in [-0.05, 0) is 0 Å². The molecule has 1 aliphatic rings. The van der Waals surface area contributed by atoms with Crippen LogP contribution in [0.15, 0.2) is 0 Å². The molecule has 96 valence electrons. The second-order valence-electron chi connectivity index (χ2n) is 3.38. The molecule has 0 spiro atoms. The fourth-order valence-electron chi connectivity index (χ4n) is 1.32. The van der Waals surface area contributed by atoms with Crippen LogP contribution in [0.5, 0.6) is 0 Å². The van der Waals surface area contributed by atoms with E-state index in [4.69, 9.17) is 14.9 Å². The first-order valence-electron chi connectivity index (χ1n) is 4.73. The first-order chi connectivity index (χ1) is 7.93. The van der Waals surface area contributed by atoms with Crippen LogP contribution >= 0.6 is 0 Å². The fourth-order valence-corrected chi connectivity index (χ4v) is 1.32. The van der Waals surface area contributed by atoms with Crippen molar-refractivity contribution < 1.29 is 34.4 Å². The van der Waals surface area contributed by atoms with Gasteiger partial charge in [-0.15, -0.1) is 0 Å². The van der Waals surface area contributed by atoms with Crippen LogP contribution in [-0.2, 0) is 14.3 Å². The number of ether oxygens (including phenoxy) is 1. The molecular formula is C8H12N2O7. The number of aliphatic hydroxyl groups is 2. The van der Waals surface area contributed by atoms with Crippen LogP contribution in [0.3, 0.4) is 0 Å². The number of aliphatic hydroxyl groups excluding tert-OH is 2. The maximum Gasteiger partial charge on any atom is 0.394 e. The van der Waals surface area contributed by atoms with Crippen LogP contribution in [0.2, 0.25) is 0 Å². The summed E-state index contributed by atoms with van der Waals surface area (Å²) in [4.78, 5) is 31.8. The maximum absolute atomic E-state index is 11.1. The first kappa shape index (κ1) is 13.4. The molecule has 1 aliphatic heterocycles. The molecule has 9 nitrogen and oxygen atoms in total. The smallest absolute Gasteiger partial charge is 0.394 e. The monoisotopic (exact) mass is 248 g/mol. The van der Waals surface area contributed by atoms with Crippen LogP contribution in [0.1, 0.15) is 6.42 Å². The second-order valence-corrected chi connectivity index (χ2v) is 3.38. The Hall–Kier alpha value is -1.71. The minimum absolute atomic E-state index is 0.0416. The van der Waals surface area contributed by atoms with Gasteiger partial charge in [0.25, 0.3) is 0 Å². The molecule has 5 N–H and O–H groups in total. The average molecular weight is 248 g/mol. The average Bonchev–Trinajstić information content (AvgIpc) is 2.58. The van der Waals surface area contributed by atoms with Crippen molar-refractivity contribution in [1.82, 2.24) is 10.6 Å². The number of carboxylic acids is 1. The van der Waals surface area contributed by atoms with Gasteiger partial charge in [0.15, 0.2) is 0 Å².